The van der Waals surface area contributed by atoms with Crippen LogP contribution in [0.2, 0.25) is 0 Å². The van der Waals surface area contributed by atoms with E-state index < -0.39 is 6.10 Å². The highest BCUT2D eigenvalue weighted by Crippen LogP contribution is 2.20. The van der Waals surface area contributed by atoms with Crippen LogP contribution in [0.4, 0.5) is 0 Å². The second kappa shape index (κ2) is 7.97. The molecule has 0 aliphatic carbocycles. The lowest BCUT2D eigenvalue weighted by atomic mass is 10.1. The average Bonchev–Trinajstić information content (AvgIpc) is 3.02. The Morgan fingerprint density at radius 2 is 1.92 bits per heavy atom. The Morgan fingerprint density at radius 3 is 2.50 bits per heavy atom. The smallest absolute Gasteiger partial charge is 0.273 e. The molecule has 2 rings (SSSR count). The third-order valence-electron chi connectivity index (χ3n) is 3.43. The van der Waals surface area contributed by atoms with E-state index in [9.17, 15) is 9.90 Å². The Labute approximate surface area is 141 Å². The molecule has 2 N–H and O–H groups in total. The predicted molar refractivity (Wildman–Crippen MR) is 90.1 cm³/mol. The fraction of sp³-hybridized carbons (Fsp3) is 0.444. The topological polar surface area (TPSA) is 84.6 Å². The second-order valence-electron chi connectivity index (χ2n) is 6.18. The molecule has 0 aliphatic rings. The van der Waals surface area contributed by atoms with Crippen molar-refractivity contribution < 1.29 is 19.1 Å². The maximum Gasteiger partial charge on any atom is 0.273 e. The van der Waals surface area contributed by atoms with Gasteiger partial charge in [-0.05, 0) is 31.5 Å². The van der Waals surface area contributed by atoms with Crippen LogP contribution in [0.5, 0.6) is 5.75 Å². The van der Waals surface area contributed by atoms with E-state index in [2.05, 4.69) is 10.3 Å². The molecular formula is C18H24N2O4. The number of carbonyl (C=O) groups is 1. The summed E-state index contributed by atoms with van der Waals surface area (Å²) in [6.45, 7) is 7.84. The van der Waals surface area contributed by atoms with E-state index in [1.165, 1.54) is 6.39 Å². The third kappa shape index (κ3) is 4.58. The molecule has 0 radical (unpaired) electrons. The van der Waals surface area contributed by atoms with Crippen molar-refractivity contribution in [2.75, 3.05) is 6.54 Å². The monoisotopic (exact) mass is 332 g/mol. The molecule has 0 unspecified atom stereocenters. The van der Waals surface area contributed by atoms with E-state index in [0.29, 0.717) is 11.3 Å². The van der Waals surface area contributed by atoms with Gasteiger partial charge in [0.15, 0.2) is 12.1 Å². The molecule has 0 fully saturated rings. The van der Waals surface area contributed by atoms with E-state index in [1.54, 1.807) is 24.3 Å². The number of ether oxygens (including phenoxy) is 1. The Bertz CT molecular complexity index is 662. The van der Waals surface area contributed by atoms with Gasteiger partial charge in [0.25, 0.3) is 5.91 Å². The van der Waals surface area contributed by atoms with Crippen molar-refractivity contribution in [2.45, 2.75) is 45.8 Å². The van der Waals surface area contributed by atoms with Gasteiger partial charge in [-0.2, -0.15) is 0 Å². The molecule has 0 saturated carbocycles. The van der Waals surface area contributed by atoms with Crippen LogP contribution >= 0.6 is 0 Å². The van der Waals surface area contributed by atoms with Crippen LogP contribution in [0.25, 0.3) is 0 Å². The number of oxazole rings is 1. The van der Waals surface area contributed by atoms with Gasteiger partial charge in [-0.1, -0.05) is 26.0 Å². The maximum atomic E-state index is 12.2. The molecule has 24 heavy (non-hydrogen) atoms. The number of aromatic nitrogens is 1. The molecule has 2 aromatic rings. The minimum Gasteiger partial charge on any atom is -0.491 e. The van der Waals surface area contributed by atoms with Crippen LogP contribution < -0.4 is 10.1 Å². The van der Waals surface area contributed by atoms with Gasteiger partial charge in [0.2, 0.25) is 0 Å². The van der Waals surface area contributed by atoms with Gasteiger partial charge in [0.05, 0.1) is 12.2 Å². The highest BCUT2D eigenvalue weighted by molar-refractivity contribution is 5.93. The zero-order valence-corrected chi connectivity index (χ0v) is 14.4. The van der Waals surface area contributed by atoms with Crippen LogP contribution in [0.3, 0.4) is 0 Å². The minimum atomic E-state index is -0.809. The SMILES string of the molecule is CC(C)Oc1ccc([C@H](O)CNC(=O)c2ncoc2C(C)C)cc1. The average molecular weight is 332 g/mol. The number of aliphatic hydroxyl groups excluding tert-OH is 1. The Hall–Kier alpha value is -2.34. The van der Waals surface area contributed by atoms with Crippen molar-refractivity contribution in [3.63, 3.8) is 0 Å². The standard InChI is InChI=1S/C18H24N2O4/c1-11(2)17-16(20-10-23-17)18(22)19-9-15(21)13-5-7-14(8-6-13)24-12(3)4/h5-8,10-12,15,21H,9H2,1-4H3,(H,19,22)/t15-/m1/s1. The number of nitrogens with zero attached hydrogens (tertiary/aromatic N) is 1. The van der Waals surface area contributed by atoms with Crippen molar-refractivity contribution in [1.82, 2.24) is 10.3 Å². The first kappa shape index (κ1) is 18.0. The van der Waals surface area contributed by atoms with Crippen LogP contribution in [0.1, 0.15) is 61.5 Å². The molecule has 0 aliphatic heterocycles. The lowest BCUT2D eigenvalue weighted by Gasteiger charge is -2.14. The maximum absolute atomic E-state index is 12.2. The molecule has 6 nitrogen and oxygen atoms in total. The second-order valence-corrected chi connectivity index (χ2v) is 6.18. The largest absolute Gasteiger partial charge is 0.491 e. The lowest BCUT2D eigenvalue weighted by Crippen LogP contribution is -2.29. The van der Waals surface area contributed by atoms with Crippen molar-refractivity contribution in [2.24, 2.45) is 0 Å². The minimum absolute atomic E-state index is 0.0617. The first-order valence-electron chi connectivity index (χ1n) is 8.04. The van der Waals surface area contributed by atoms with Gasteiger partial charge in [-0.25, -0.2) is 4.98 Å². The van der Waals surface area contributed by atoms with Crippen molar-refractivity contribution in [3.05, 3.63) is 47.7 Å². The van der Waals surface area contributed by atoms with E-state index in [-0.39, 0.29) is 30.2 Å². The van der Waals surface area contributed by atoms with Crippen molar-refractivity contribution in [1.29, 1.82) is 0 Å². The molecular weight excluding hydrogens is 308 g/mol. The number of rotatable bonds is 7. The molecule has 1 amide bonds. The summed E-state index contributed by atoms with van der Waals surface area (Å²) in [6.07, 6.45) is 0.544. The van der Waals surface area contributed by atoms with Gasteiger partial charge in [0.1, 0.15) is 11.5 Å². The molecule has 1 aromatic carbocycles. The van der Waals surface area contributed by atoms with Crippen LogP contribution in [-0.2, 0) is 0 Å². The van der Waals surface area contributed by atoms with Gasteiger partial charge in [-0.15, -0.1) is 0 Å². The van der Waals surface area contributed by atoms with Crippen LogP contribution in [0.15, 0.2) is 35.1 Å². The van der Waals surface area contributed by atoms with Gasteiger partial charge in [-0.3, -0.25) is 4.79 Å². The van der Waals surface area contributed by atoms with E-state index in [1.807, 2.05) is 27.7 Å². The number of hydrogen-bond donors (Lipinski definition) is 2. The molecule has 1 heterocycles. The molecule has 130 valence electrons. The van der Waals surface area contributed by atoms with Gasteiger partial charge < -0.3 is 19.6 Å². The summed E-state index contributed by atoms with van der Waals surface area (Å²) in [6, 6.07) is 7.16. The molecule has 1 aromatic heterocycles. The summed E-state index contributed by atoms with van der Waals surface area (Å²) >= 11 is 0. The Kier molecular flexibility index (Phi) is 5.98. The predicted octanol–water partition coefficient (Wildman–Crippen LogP) is 3.05. The van der Waals surface area contributed by atoms with Gasteiger partial charge in [0, 0.05) is 12.5 Å². The zero-order valence-electron chi connectivity index (χ0n) is 14.4. The van der Waals surface area contributed by atoms with Crippen LogP contribution in [0, 0.1) is 0 Å². The molecule has 0 saturated heterocycles. The first-order valence-corrected chi connectivity index (χ1v) is 8.04. The molecule has 0 bridgehead atoms. The van der Waals surface area contributed by atoms with Gasteiger partial charge >= 0.3 is 0 Å². The number of hydrogen-bond acceptors (Lipinski definition) is 5. The lowest BCUT2D eigenvalue weighted by molar-refractivity contribution is 0.0909. The number of carbonyl (C=O) groups excluding carboxylic acids is 1. The summed E-state index contributed by atoms with van der Waals surface area (Å²) in [5, 5.41) is 12.9. The van der Waals surface area contributed by atoms with E-state index >= 15 is 0 Å². The van der Waals surface area contributed by atoms with Crippen LogP contribution in [-0.4, -0.2) is 28.6 Å². The van der Waals surface area contributed by atoms with Crippen molar-refractivity contribution in [3.8, 4) is 5.75 Å². The normalized spacial score (nSPS) is 12.5. The summed E-state index contributed by atoms with van der Waals surface area (Å²) in [5.41, 5.74) is 0.966. The number of benzene rings is 1. The number of nitrogens with one attached hydrogen (secondary N) is 1. The Morgan fingerprint density at radius 1 is 1.25 bits per heavy atom. The summed E-state index contributed by atoms with van der Waals surface area (Å²) in [4.78, 5) is 16.1. The summed E-state index contributed by atoms with van der Waals surface area (Å²) in [5.74, 6) is 0.990. The summed E-state index contributed by atoms with van der Waals surface area (Å²) in [7, 11) is 0. The zero-order chi connectivity index (χ0) is 17.7. The fourth-order valence-electron chi connectivity index (χ4n) is 2.27. The first-order chi connectivity index (χ1) is 11.4. The number of aliphatic hydroxyl groups is 1. The molecule has 6 heteroatoms. The fourth-order valence-corrected chi connectivity index (χ4v) is 2.27. The quantitative estimate of drug-likeness (QED) is 0.814. The highest BCUT2D eigenvalue weighted by atomic mass is 16.5. The Balaban J connectivity index is 1.93. The number of amides is 1. The molecule has 1 atom stereocenters. The van der Waals surface area contributed by atoms with E-state index in [0.717, 1.165) is 5.75 Å². The highest BCUT2D eigenvalue weighted by Gasteiger charge is 2.20. The van der Waals surface area contributed by atoms with Crippen molar-refractivity contribution >= 4 is 5.91 Å². The molecule has 0 spiro atoms. The third-order valence-corrected chi connectivity index (χ3v) is 3.43. The summed E-state index contributed by atoms with van der Waals surface area (Å²) < 4.78 is 10.8. The van der Waals surface area contributed by atoms with E-state index in [4.69, 9.17) is 9.15 Å².